The smallest absolute Gasteiger partial charge is 0.123 e. The molecule has 98 valence electrons. The van der Waals surface area contributed by atoms with Crippen molar-refractivity contribution in [1.82, 2.24) is 4.90 Å². The van der Waals surface area contributed by atoms with Gasteiger partial charge in [-0.3, -0.25) is 0 Å². The Hall–Kier alpha value is -1.53. The lowest BCUT2D eigenvalue weighted by atomic mass is 10.0. The van der Waals surface area contributed by atoms with Gasteiger partial charge in [0, 0.05) is 18.5 Å². The molecule has 0 aliphatic heterocycles. The van der Waals surface area contributed by atoms with Crippen molar-refractivity contribution in [2.45, 2.75) is 33.2 Å². The summed E-state index contributed by atoms with van der Waals surface area (Å²) in [6.45, 7) is 5.99. The topological polar surface area (TPSA) is 36.3 Å². The van der Waals surface area contributed by atoms with Crippen molar-refractivity contribution in [1.29, 1.82) is 5.26 Å². The Kier molecular flexibility index (Phi) is 5.67. The number of hydrogen-bond donors (Lipinski definition) is 0. The molecular weight excluding hydrogens is 224 g/mol. The molecule has 1 aromatic rings. The van der Waals surface area contributed by atoms with Crippen LogP contribution in [0.1, 0.15) is 29.5 Å². The summed E-state index contributed by atoms with van der Waals surface area (Å²) in [4.78, 5) is 2.23. The van der Waals surface area contributed by atoms with E-state index in [-0.39, 0.29) is 0 Å². The zero-order valence-electron chi connectivity index (χ0n) is 11.8. The second-order valence-corrected chi connectivity index (χ2v) is 4.76. The van der Waals surface area contributed by atoms with Gasteiger partial charge in [-0.15, -0.1) is 0 Å². The molecule has 0 bridgehead atoms. The Morgan fingerprint density at radius 2 is 2.06 bits per heavy atom. The fourth-order valence-corrected chi connectivity index (χ4v) is 2.12. The maximum Gasteiger partial charge on any atom is 0.123 e. The SMILES string of the molecule is COc1cc(C)cc(C)c1CN(C)CCCC#N. The first kappa shape index (κ1) is 14.5. The summed E-state index contributed by atoms with van der Waals surface area (Å²) >= 11 is 0. The number of methoxy groups -OCH3 is 1. The van der Waals surface area contributed by atoms with Gasteiger partial charge in [0.1, 0.15) is 5.75 Å². The summed E-state index contributed by atoms with van der Waals surface area (Å²) in [6.07, 6.45) is 1.54. The van der Waals surface area contributed by atoms with E-state index < -0.39 is 0 Å². The molecule has 0 saturated heterocycles. The van der Waals surface area contributed by atoms with Crippen LogP contribution in [0.3, 0.4) is 0 Å². The average molecular weight is 246 g/mol. The third-order valence-electron chi connectivity index (χ3n) is 3.05. The minimum Gasteiger partial charge on any atom is -0.496 e. The number of ether oxygens (including phenoxy) is 1. The molecule has 0 fully saturated rings. The van der Waals surface area contributed by atoms with Gasteiger partial charge < -0.3 is 9.64 Å². The summed E-state index contributed by atoms with van der Waals surface area (Å²) in [5.74, 6) is 0.958. The molecule has 0 atom stereocenters. The van der Waals surface area contributed by atoms with Gasteiger partial charge in [0.15, 0.2) is 0 Å². The molecule has 0 spiro atoms. The van der Waals surface area contributed by atoms with Gasteiger partial charge in [0.25, 0.3) is 0 Å². The molecule has 3 heteroatoms. The number of nitrogens with zero attached hydrogens (tertiary/aromatic N) is 2. The highest BCUT2D eigenvalue weighted by Crippen LogP contribution is 2.25. The van der Waals surface area contributed by atoms with E-state index in [9.17, 15) is 0 Å². The fourth-order valence-electron chi connectivity index (χ4n) is 2.12. The highest BCUT2D eigenvalue weighted by Gasteiger charge is 2.10. The van der Waals surface area contributed by atoms with Crippen LogP contribution in [0.5, 0.6) is 5.75 Å². The van der Waals surface area contributed by atoms with Crippen molar-refractivity contribution in [3.05, 3.63) is 28.8 Å². The molecule has 18 heavy (non-hydrogen) atoms. The Balaban J connectivity index is 2.74. The number of hydrogen-bond acceptors (Lipinski definition) is 3. The van der Waals surface area contributed by atoms with Crippen molar-refractivity contribution < 1.29 is 4.74 Å². The molecule has 1 rings (SSSR count). The van der Waals surface area contributed by atoms with E-state index in [1.165, 1.54) is 16.7 Å². The number of unbranched alkanes of at least 4 members (excludes halogenated alkanes) is 1. The van der Waals surface area contributed by atoms with E-state index >= 15 is 0 Å². The Morgan fingerprint density at radius 3 is 2.67 bits per heavy atom. The van der Waals surface area contributed by atoms with Crippen molar-refractivity contribution in [2.24, 2.45) is 0 Å². The van der Waals surface area contributed by atoms with Crippen molar-refractivity contribution in [3.8, 4) is 11.8 Å². The van der Waals surface area contributed by atoms with Crippen LogP contribution in [-0.4, -0.2) is 25.6 Å². The van der Waals surface area contributed by atoms with E-state index in [2.05, 4.69) is 44.0 Å². The molecule has 0 aromatic heterocycles. The van der Waals surface area contributed by atoms with Gasteiger partial charge in [-0.05, 0) is 51.1 Å². The average Bonchev–Trinajstić information content (AvgIpc) is 2.32. The lowest BCUT2D eigenvalue weighted by molar-refractivity contribution is 0.313. The van der Waals surface area contributed by atoms with Gasteiger partial charge in [0.2, 0.25) is 0 Å². The maximum atomic E-state index is 8.54. The first-order chi connectivity index (χ1) is 8.58. The van der Waals surface area contributed by atoms with E-state index in [1.807, 2.05) is 0 Å². The molecule has 0 unspecified atom stereocenters. The Morgan fingerprint density at radius 1 is 1.33 bits per heavy atom. The van der Waals surface area contributed by atoms with Gasteiger partial charge in [-0.2, -0.15) is 5.26 Å². The van der Waals surface area contributed by atoms with Gasteiger partial charge in [-0.25, -0.2) is 0 Å². The second-order valence-electron chi connectivity index (χ2n) is 4.76. The van der Waals surface area contributed by atoms with E-state index in [1.54, 1.807) is 7.11 Å². The summed E-state index contributed by atoms with van der Waals surface area (Å²) in [5, 5.41) is 8.54. The van der Waals surface area contributed by atoms with Crippen LogP contribution < -0.4 is 4.74 Å². The van der Waals surface area contributed by atoms with Gasteiger partial charge in [0.05, 0.1) is 13.2 Å². The van der Waals surface area contributed by atoms with Gasteiger partial charge in [-0.1, -0.05) is 6.07 Å². The van der Waals surface area contributed by atoms with Crippen LogP contribution in [0.4, 0.5) is 0 Å². The van der Waals surface area contributed by atoms with Crippen LogP contribution in [0.2, 0.25) is 0 Å². The first-order valence-corrected chi connectivity index (χ1v) is 6.28. The minimum atomic E-state index is 0.619. The van der Waals surface area contributed by atoms with Crippen LogP contribution in [-0.2, 0) is 6.54 Å². The number of aryl methyl sites for hydroxylation is 2. The summed E-state index contributed by atoms with van der Waals surface area (Å²) in [6, 6.07) is 6.43. The lowest BCUT2D eigenvalue weighted by Crippen LogP contribution is -2.20. The largest absolute Gasteiger partial charge is 0.496 e. The molecule has 0 N–H and O–H groups in total. The summed E-state index contributed by atoms with van der Waals surface area (Å²) < 4.78 is 5.45. The third-order valence-corrected chi connectivity index (χ3v) is 3.05. The fraction of sp³-hybridized carbons (Fsp3) is 0.533. The normalized spacial score (nSPS) is 10.4. The maximum absolute atomic E-state index is 8.54. The van der Waals surface area contributed by atoms with E-state index in [0.717, 1.165) is 25.3 Å². The standard InChI is InChI=1S/C15H22N2O/c1-12-9-13(2)14(15(10-12)18-4)11-17(3)8-6-5-7-16/h9-10H,5-6,8,11H2,1-4H3. The molecule has 0 amide bonds. The van der Waals surface area contributed by atoms with Crippen LogP contribution in [0.25, 0.3) is 0 Å². The molecule has 3 nitrogen and oxygen atoms in total. The van der Waals surface area contributed by atoms with E-state index in [0.29, 0.717) is 6.42 Å². The molecule has 0 aliphatic rings. The molecular formula is C15H22N2O. The number of benzene rings is 1. The molecule has 0 heterocycles. The number of rotatable bonds is 6. The third kappa shape index (κ3) is 4.05. The molecule has 0 aliphatic carbocycles. The highest BCUT2D eigenvalue weighted by molar-refractivity contribution is 5.42. The second kappa shape index (κ2) is 7.03. The monoisotopic (exact) mass is 246 g/mol. The molecule has 0 radical (unpaired) electrons. The zero-order valence-corrected chi connectivity index (χ0v) is 11.8. The number of nitriles is 1. The predicted octanol–water partition coefficient (Wildman–Crippen LogP) is 3.05. The first-order valence-electron chi connectivity index (χ1n) is 6.28. The minimum absolute atomic E-state index is 0.619. The zero-order chi connectivity index (χ0) is 13.5. The molecule has 1 aromatic carbocycles. The van der Waals surface area contributed by atoms with Crippen LogP contribution >= 0.6 is 0 Å². The van der Waals surface area contributed by atoms with Crippen LogP contribution in [0, 0.1) is 25.2 Å². The Labute approximate surface area is 110 Å². The summed E-state index contributed by atoms with van der Waals surface area (Å²) in [5.41, 5.74) is 3.72. The van der Waals surface area contributed by atoms with Crippen molar-refractivity contribution >= 4 is 0 Å². The predicted molar refractivity (Wildman–Crippen MR) is 73.6 cm³/mol. The highest BCUT2D eigenvalue weighted by atomic mass is 16.5. The van der Waals surface area contributed by atoms with Crippen molar-refractivity contribution in [2.75, 3.05) is 20.7 Å². The van der Waals surface area contributed by atoms with Gasteiger partial charge >= 0.3 is 0 Å². The summed E-state index contributed by atoms with van der Waals surface area (Å²) in [7, 11) is 3.80. The van der Waals surface area contributed by atoms with Crippen molar-refractivity contribution in [3.63, 3.8) is 0 Å². The Bertz CT molecular complexity index is 435. The molecule has 0 saturated carbocycles. The van der Waals surface area contributed by atoms with E-state index in [4.69, 9.17) is 10.00 Å². The van der Waals surface area contributed by atoms with Crippen LogP contribution in [0.15, 0.2) is 12.1 Å². The lowest BCUT2D eigenvalue weighted by Gasteiger charge is -2.20. The quantitative estimate of drug-likeness (QED) is 0.724.